The summed E-state index contributed by atoms with van der Waals surface area (Å²) in [5.74, 6) is 0.665. The molecule has 5 heterocycles. The highest BCUT2D eigenvalue weighted by Crippen LogP contribution is 2.37. The Kier molecular flexibility index (Phi) is 9.45. The molecule has 0 aliphatic rings. The van der Waals surface area contributed by atoms with E-state index in [1.807, 2.05) is 82.6 Å². The number of rotatable bonds is 12. The molecule has 0 spiro atoms. The Labute approximate surface area is 287 Å². The summed E-state index contributed by atoms with van der Waals surface area (Å²) >= 11 is 0. The summed E-state index contributed by atoms with van der Waals surface area (Å²) in [5.41, 5.74) is 3.42. The first-order valence-electron chi connectivity index (χ1n) is 15.8. The van der Waals surface area contributed by atoms with Crippen LogP contribution in [0.3, 0.4) is 0 Å². The largest absolute Gasteiger partial charge is 0.508 e. The number of nitrogens with zero attached hydrogens (tertiary/aromatic N) is 11. The second-order valence-electron chi connectivity index (χ2n) is 11.3. The Morgan fingerprint density at radius 2 is 0.980 bits per heavy atom. The van der Waals surface area contributed by atoms with Crippen LogP contribution in [-0.4, -0.2) is 45.1 Å². The predicted molar refractivity (Wildman–Crippen MR) is 188 cm³/mol. The van der Waals surface area contributed by atoms with Gasteiger partial charge in [-0.05, 0) is 78.2 Å². The van der Waals surface area contributed by atoms with Crippen molar-refractivity contribution < 1.29 is 10.2 Å². The van der Waals surface area contributed by atoms with Gasteiger partial charge in [0.2, 0.25) is 11.9 Å². The molecule has 0 bridgehead atoms. The van der Waals surface area contributed by atoms with E-state index in [-0.39, 0.29) is 23.1 Å². The average Bonchev–Trinajstić information content (AvgIpc) is 3.15. The number of pyridine rings is 4. The van der Waals surface area contributed by atoms with E-state index >= 15 is 0 Å². The van der Waals surface area contributed by atoms with Gasteiger partial charge < -0.3 is 20.0 Å². The van der Waals surface area contributed by atoms with Crippen LogP contribution in [0.1, 0.15) is 22.8 Å². The minimum atomic E-state index is -0.0831. The van der Waals surface area contributed by atoms with Crippen molar-refractivity contribution in [2.75, 3.05) is 9.80 Å². The minimum absolute atomic E-state index is 0.0132. The maximum Gasteiger partial charge on any atom is 0.275 e. The van der Waals surface area contributed by atoms with Crippen LogP contribution in [-0.2, 0) is 26.2 Å². The van der Waals surface area contributed by atoms with Crippen molar-refractivity contribution in [3.05, 3.63) is 151 Å². The number of aromatic hydroxyl groups is 2. The molecule has 0 amide bonds. The molecule has 0 fully saturated rings. The molecule has 13 nitrogen and oxygen atoms in total. The smallest absolute Gasteiger partial charge is 0.275 e. The first-order valence-corrected chi connectivity index (χ1v) is 15.8. The summed E-state index contributed by atoms with van der Waals surface area (Å²) in [6.07, 6.45) is 6.96. The van der Waals surface area contributed by atoms with Gasteiger partial charge in [-0.25, -0.2) is 0 Å². The summed E-state index contributed by atoms with van der Waals surface area (Å²) in [4.78, 5) is 36.6. The SMILES string of the molecule is Oc1ccc2c(/N=N/c3nc(N(Cc4ccccn4)Cc4ccccn4)nc(N(Cc4ccccn4)Cc4ccccn4)n3)c(O)ccc2c1. The highest BCUT2D eigenvalue weighted by Gasteiger charge is 2.21. The molecular weight excluding hydrogens is 630 g/mol. The van der Waals surface area contributed by atoms with Crippen molar-refractivity contribution in [1.82, 2.24) is 34.9 Å². The normalized spacial score (nSPS) is 11.2. The van der Waals surface area contributed by atoms with E-state index in [2.05, 4.69) is 30.2 Å². The molecule has 7 aromatic rings. The van der Waals surface area contributed by atoms with Gasteiger partial charge in [0, 0.05) is 30.2 Å². The van der Waals surface area contributed by atoms with E-state index in [1.54, 1.807) is 43.0 Å². The third-order valence-electron chi connectivity index (χ3n) is 7.67. The van der Waals surface area contributed by atoms with E-state index < -0.39 is 0 Å². The number of phenols is 2. The molecule has 0 saturated carbocycles. The highest BCUT2D eigenvalue weighted by atomic mass is 16.3. The molecule has 13 heteroatoms. The van der Waals surface area contributed by atoms with E-state index in [4.69, 9.17) is 15.0 Å². The number of aromatic nitrogens is 7. The van der Waals surface area contributed by atoms with Gasteiger partial charge in [-0.1, -0.05) is 30.3 Å². The topological polar surface area (TPSA) is 162 Å². The third-order valence-corrected chi connectivity index (χ3v) is 7.67. The number of anilines is 2. The molecule has 0 unspecified atom stereocenters. The fourth-order valence-corrected chi connectivity index (χ4v) is 5.30. The van der Waals surface area contributed by atoms with Gasteiger partial charge in [0.1, 0.15) is 17.2 Å². The van der Waals surface area contributed by atoms with Gasteiger partial charge in [-0.3, -0.25) is 19.9 Å². The maximum atomic E-state index is 10.8. The third kappa shape index (κ3) is 7.80. The molecule has 0 radical (unpaired) electrons. The lowest BCUT2D eigenvalue weighted by Gasteiger charge is -2.26. The Hall–Kier alpha value is -6.89. The van der Waals surface area contributed by atoms with Gasteiger partial charge in [0.25, 0.3) is 5.95 Å². The summed E-state index contributed by atoms with van der Waals surface area (Å²) < 4.78 is 0. The quantitative estimate of drug-likeness (QED) is 0.132. The summed E-state index contributed by atoms with van der Waals surface area (Å²) in [6.45, 7) is 1.47. The van der Waals surface area contributed by atoms with Crippen molar-refractivity contribution in [2.45, 2.75) is 26.2 Å². The second-order valence-corrected chi connectivity index (χ2v) is 11.3. The fraction of sp³-hybridized carbons (Fsp3) is 0.108. The zero-order valence-corrected chi connectivity index (χ0v) is 26.8. The standard InChI is InChI=1S/C37H31N11O2/c49-31-14-15-32-26(21-31)13-16-33(50)34(32)45-46-35-42-36(47(22-27-9-1-5-17-38-27)23-28-10-2-6-18-39-28)44-37(43-35)48(24-29-11-3-7-19-40-29)25-30-12-4-8-20-41-30/h1-21,49-50H,22-25H2/b46-45+. The minimum Gasteiger partial charge on any atom is -0.508 e. The molecule has 246 valence electrons. The second kappa shape index (κ2) is 14.9. The van der Waals surface area contributed by atoms with Gasteiger partial charge in [0.15, 0.2) is 0 Å². The van der Waals surface area contributed by atoms with Crippen molar-refractivity contribution in [2.24, 2.45) is 10.2 Å². The molecule has 5 aromatic heterocycles. The van der Waals surface area contributed by atoms with E-state index in [0.29, 0.717) is 48.8 Å². The van der Waals surface area contributed by atoms with Crippen LogP contribution in [0.5, 0.6) is 11.5 Å². The lowest BCUT2D eigenvalue weighted by molar-refractivity contribution is 0.474. The molecular formula is C37H31N11O2. The lowest BCUT2D eigenvalue weighted by atomic mass is 10.1. The van der Waals surface area contributed by atoms with Crippen LogP contribution in [0.4, 0.5) is 23.5 Å². The number of hydrogen-bond acceptors (Lipinski definition) is 13. The van der Waals surface area contributed by atoms with Crippen molar-refractivity contribution >= 4 is 34.3 Å². The summed E-state index contributed by atoms with van der Waals surface area (Å²) in [6, 6.07) is 30.9. The summed E-state index contributed by atoms with van der Waals surface area (Å²) in [7, 11) is 0. The monoisotopic (exact) mass is 661 g/mol. The fourth-order valence-electron chi connectivity index (χ4n) is 5.30. The van der Waals surface area contributed by atoms with Gasteiger partial charge in [-0.2, -0.15) is 15.0 Å². The Balaban J connectivity index is 1.36. The van der Waals surface area contributed by atoms with Crippen LogP contribution in [0.15, 0.2) is 138 Å². The molecule has 7 rings (SSSR count). The number of fused-ring (bicyclic) bond motifs is 1. The molecule has 2 aromatic carbocycles. The zero-order valence-electron chi connectivity index (χ0n) is 26.8. The number of benzene rings is 2. The molecule has 0 aliphatic carbocycles. The summed E-state index contributed by atoms with van der Waals surface area (Å²) in [5, 5.41) is 31.0. The van der Waals surface area contributed by atoms with Crippen LogP contribution in [0.2, 0.25) is 0 Å². The Morgan fingerprint density at radius 3 is 1.42 bits per heavy atom. The van der Waals surface area contributed by atoms with Crippen LogP contribution in [0.25, 0.3) is 10.8 Å². The molecule has 2 N–H and O–H groups in total. The van der Waals surface area contributed by atoms with Gasteiger partial charge in [-0.15, -0.1) is 10.2 Å². The molecule has 0 saturated heterocycles. The molecule has 0 atom stereocenters. The van der Waals surface area contributed by atoms with Gasteiger partial charge in [0.05, 0.1) is 49.0 Å². The first kappa shape index (κ1) is 31.7. The van der Waals surface area contributed by atoms with Crippen LogP contribution >= 0.6 is 0 Å². The maximum absolute atomic E-state index is 10.8. The van der Waals surface area contributed by atoms with Crippen molar-refractivity contribution in [1.29, 1.82) is 0 Å². The average molecular weight is 662 g/mol. The van der Waals surface area contributed by atoms with E-state index in [0.717, 1.165) is 22.8 Å². The van der Waals surface area contributed by atoms with E-state index in [9.17, 15) is 10.2 Å². The van der Waals surface area contributed by atoms with Crippen LogP contribution < -0.4 is 9.80 Å². The zero-order chi connectivity index (χ0) is 34.1. The first-order chi connectivity index (χ1) is 24.6. The van der Waals surface area contributed by atoms with Gasteiger partial charge >= 0.3 is 0 Å². The Bertz CT molecular complexity index is 2020. The predicted octanol–water partition coefficient (Wildman–Crippen LogP) is 6.85. The molecule has 0 aliphatic heterocycles. The van der Waals surface area contributed by atoms with E-state index in [1.165, 1.54) is 12.1 Å². The van der Waals surface area contributed by atoms with Crippen LogP contribution in [0, 0.1) is 0 Å². The van der Waals surface area contributed by atoms with Crippen molar-refractivity contribution in [3.8, 4) is 11.5 Å². The van der Waals surface area contributed by atoms with Crippen molar-refractivity contribution in [3.63, 3.8) is 0 Å². The number of azo groups is 1. The number of phenolic OH excluding ortho intramolecular Hbond substituents is 2. The number of hydrogen-bond donors (Lipinski definition) is 2. The Morgan fingerprint density at radius 1 is 0.500 bits per heavy atom. The lowest BCUT2D eigenvalue weighted by Crippen LogP contribution is -2.29. The highest BCUT2D eigenvalue weighted by molar-refractivity contribution is 5.96. The molecule has 50 heavy (non-hydrogen) atoms.